The first-order chi connectivity index (χ1) is 5.79. The Morgan fingerprint density at radius 1 is 1.25 bits per heavy atom. The summed E-state index contributed by atoms with van der Waals surface area (Å²) >= 11 is 0. The number of hydrogen-bond donors (Lipinski definition) is 2. The van der Waals surface area contributed by atoms with E-state index < -0.39 is 6.04 Å². The SMILES string of the molecule is O=C1NNC(=O)N2C=CC=CC12. The van der Waals surface area contributed by atoms with Crippen molar-refractivity contribution in [3.05, 3.63) is 24.4 Å². The van der Waals surface area contributed by atoms with Crippen LogP contribution in [0, 0.1) is 0 Å². The van der Waals surface area contributed by atoms with Gasteiger partial charge in [-0.3, -0.25) is 15.1 Å². The van der Waals surface area contributed by atoms with Crippen molar-refractivity contribution in [1.82, 2.24) is 15.8 Å². The minimum absolute atomic E-state index is 0.227. The van der Waals surface area contributed by atoms with Gasteiger partial charge in [0, 0.05) is 6.20 Å². The van der Waals surface area contributed by atoms with Gasteiger partial charge in [0.15, 0.2) is 0 Å². The molecular formula is C7H7N3O2. The molecule has 1 saturated heterocycles. The van der Waals surface area contributed by atoms with Gasteiger partial charge in [-0.2, -0.15) is 0 Å². The number of carbonyl (C=O) groups is 2. The highest BCUT2D eigenvalue weighted by atomic mass is 16.2. The van der Waals surface area contributed by atoms with Crippen molar-refractivity contribution in [2.24, 2.45) is 0 Å². The van der Waals surface area contributed by atoms with Gasteiger partial charge in [-0.25, -0.2) is 10.2 Å². The summed E-state index contributed by atoms with van der Waals surface area (Å²) in [6, 6.07) is -0.816. The molecule has 3 amide bonds. The van der Waals surface area contributed by atoms with Crippen LogP contribution in [-0.2, 0) is 4.79 Å². The van der Waals surface area contributed by atoms with Gasteiger partial charge in [0.05, 0.1) is 0 Å². The molecule has 2 heterocycles. The molecule has 2 aliphatic rings. The van der Waals surface area contributed by atoms with Gasteiger partial charge in [0.2, 0.25) is 0 Å². The summed E-state index contributed by atoms with van der Waals surface area (Å²) in [5.74, 6) is -0.227. The van der Waals surface area contributed by atoms with E-state index in [4.69, 9.17) is 0 Å². The summed E-state index contributed by atoms with van der Waals surface area (Å²) in [6.07, 6.45) is 6.67. The molecule has 0 aromatic carbocycles. The standard InChI is InChI=1S/C7H7N3O2/c11-6-5-3-1-2-4-10(5)7(12)9-8-6/h1-5H,(H,8,11)(H,9,12). The average Bonchev–Trinajstić information content (AvgIpc) is 2.12. The summed E-state index contributed by atoms with van der Waals surface area (Å²) in [5, 5.41) is 0. The lowest BCUT2D eigenvalue weighted by Crippen LogP contribution is -2.61. The highest BCUT2D eigenvalue weighted by Crippen LogP contribution is 2.10. The highest BCUT2D eigenvalue weighted by Gasteiger charge is 2.31. The summed E-state index contributed by atoms with van der Waals surface area (Å²) in [7, 11) is 0. The van der Waals surface area contributed by atoms with Gasteiger partial charge in [-0.15, -0.1) is 0 Å². The van der Waals surface area contributed by atoms with Crippen molar-refractivity contribution in [2.45, 2.75) is 6.04 Å². The topological polar surface area (TPSA) is 61.4 Å². The zero-order chi connectivity index (χ0) is 8.55. The second-order valence-corrected chi connectivity index (χ2v) is 2.50. The number of carbonyl (C=O) groups excluding carboxylic acids is 2. The molecule has 1 fully saturated rings. The fraction of sp³-hybridized carbons (Fsp3) is 0.143. The minimum atomic E-state index is -0.497. The molecule has 0 aromatic heterocycles. The Morgan fingerprint density at radius 2 is 2.08 bits per heavy atom. The fourth-order valence-electron chi connectivity index (χ4n) is 1.16. The molecule has 2 rings (SSSR count). The van der Waals surface area contributed by atoms with E-state index in [0.29, 0.717) is 0 Å². The first-order valence-corrected chi connectivity index (χ1v) is 3.52. The van der Waals surface area contributed by atoms with E-state index in [-0.39, 0.29) is 11.9 Å². The summed E-state index contributed by atoms with van der Waals surface area (Å²) < 4.78 is 0. The van der Waals surface area contributed by atoms with E-state index in [1.54, 1.807) is 24.4 Å². The highest BCUT2D eigenvalue weighted by molar-refractivity contribution is 5.94. The predicted octanol–water partition coefficient (Wildman–Crippen LogP) is -0.505. The molecule has 0 spiro atoms. The van der Waals surface area contributed by atoms with Crippen LogP contribution in [-0.4, -0.2) is 22.9 Å². The molecule has 0 saturated carbocycles. The third-order valence-corrected chi connectivity index (χ3v) is 1.75. The van der Waals surface area contributed by atoms with E-state index in [1.165, 1.54) is 4.90 Å². The Labute approximate surface area is 68.7 Å². The Hall–Kier alpha value is -1.78. The molecular weight excluding hydrogens is 158 g/mol. The molecule has 1 unspecified atom stereocenters. The van der Waals surface area contributed by atoms with Crippen LogP contribution in [0.15, 0.2) is 24.4 Å². The van der Waals surface area contributed by atoms with Crippen molar-refractivity contribution in [3.8, 4) is 0 Å². The van der Waals surface area contributed by atoms with Crippen LogP contribution >= 0.6 is 0 Å². The smallest absolute Gasteiger partial charge is 0.284 e. The number of amides is 3. The van der Waals surface area contributed by atoms with Crippen molar-refractivity contribution in [2.75, 3.05) is 0 Å². The number of urea groups is 1. The number of nitrogens with one attached hydrogen (secondary N) is 2. The van der Waals surface area contributed by atoms with Crippen LogP contribution in [0.4, 0.5) is 4.79 Å². The zero-order valence-electron chi connectivity index (χ0n) is 6.15. The van der Waals surface area contributed by atoms with Crippen molar-refractivity contribution < 1.29 is 9.59 Å². The fourth-order valence-corrected chi connectivity index (χ4v) is 1.16. The number of nitrogens with zero attached hydrogens (tertiary/aromatic N) is 1. The van der Waals surface area contributed by atoms with Crippen molar-refractivity contribution in [3.63, 3.8) is 0 Å². The molecule has 2 aliphatic heterocycles. The Kier molecular flexibility index (Phi) is 1.36. The number of hydrazine groups is 1. The molecule has 0 aromatic rings. The molecule has 5 heteroatoms. The van der Waals surface area contributed by atoms with Gasteiger partial charge in [0.1, 0.15) is 6.04 Å². The molecule has 12 heavy (non-hydrogen) atoms. The molecule has 62 valence electrons. The van der Waals surface area contributed by atoms with Crippen molar-refractivity contribution in [1.29, 1.82) is 0 Å². The second kappa shape index (κ2) is 2.37. The third-order valence-electron chi connectivity index (χ3n) is 1.75. The van der Waals surface area contributed by atoms with Gasteiger partial charge in [-0.1, -0.05) is 12.2 Å². The monoisotopic (exact) mass is 165 g/mol. The second-order valence-electron chi connectivity index (χ2n) is 2.50. The first kappa shape index (κ1) is 6.90. The van der Waals surface area contributed by atoms with E-state index in [0.717, 1.165) is 0 Å². The molecule has 1 atom stereocenters. The number of rotatable bonds is 0. The Morgan fingerprint density at radius 3 is 2.83 bits per heavy atom. The summed E-state index contributed by atoms with van der Waals surface area (Å²) in [5.41, 5.74) is 4.50. The van der Waals surface area contributed by atoms with Crippen LogP contribution < -0.4 is 10.9 Å². The molecule has 5 nitrogen and oxygen atoms in total. The number of hydrogen-bond acceptors (Lipinski definition) is 2. The third kappa shape index (κ3) is 0.868. The maximum absolute atomic E-state index is 11.1. The maximum atomic E-state index is 11.1. The van der Waals surface area contributed by atoms with E-state index in [2.05, 4.69) is 10.9 Å². The maximum Gasteiger partial charge on any atom is 0.341 e. The summed E-state index contributed by atoms with van der Waals surface area (Å²) in [6.45, 7) is 0. The van der Waals surface area contributed by atoms with Crippen LogP contribution in [0.1, 0.15) is 0 Å². The number of fused-ring (bicyclic) bond motifs is 1. The summed E-state index contributed by atoms with van der Waals surface area (Å²) in [4.78, 5) is 23.5. The first-order valence-electron chi connectivity index (χ1n) is 3.52. The van der Waals surface area contributed by atoms with Gasteiger partial charge < -0.3 is 0 Å². The lowest BCUT2D eigenvalue weighted by molar-refractivity contribution is -0.125. The van der Waals surface area contributed by atoms with Crippen LogP contribution in [0.3, 0.4) is 0 Å². The van der Waals surface area contributed by atoms with E-state index in [1.807, 2.05) is 0 Å². The average molecular weight is 165 g/mol. The van der Waals surface area contributed by atoms with E-state index in [9.17, 15) is 9.59 Å². The van der Waals surface area contributed by atoms with Gasteiger partial charge >= 0.3 is 6.03 Å². The minimum Gasteiger partial charge on any atom is -0.284 e. The van der Waals surface area contributed by atoms with Crippen LogP contribution in [0.5, 0.6) is 0 Å². The van der Waals surface area contributed by atoms with Gasteiger partial charge in [0.25, 0.3) is 5.91 Å². The van der Waals surface area contributed by atoms with Crippen LogP contribution in [0.2, 0.25) is 0 Å². The zero-order valence-corrected chi connectivity index (χ0v) is 6.15. The molecule has 0 aliphatic carbocycles. The predicted molar refractivity (Wildman–Crippen MR) is 40.6 cm³/mol. The quantitative estimate of drug-likeness (QED) is 0.508. The van der Waals surface area contributed by atoms with Gasteiger partial charge in [-0.05, 0) is 6.08 Å². The van der Waals surface area contributed by atoms with E-state index >= 15 is 0 Å². The van der Waals surface area contributed by atoms with Crippen LogP contribution in [0.25, 0.3) is 0 Å². The largest absolute Gasteiger partial charge is 0.341 e. The molecule has 2 N–H and O–H groups in total. The lowest BCUT2D eigenvalue weighted by Gasteiger charge is -2.31. The Balaban J connectivity index is 2.30. The van der Waals surface area contributed by atoms with Crippen molar-refractivity contribution >= 4 is 11.9 Å². The molecule has 0 radical (unpaired) electrons. The Bertz CT molecular complexity index is 265. The normalized spacial score (nSPS) is 26.3. The number of allylic oxidation sites excluding steroid dienone is 2. The lowest BCUT2D eigenvalue weighted by atomic mass is 10.2. The molecule has 0 bridgehead atoms.